The van der Waals surface area contributed by atoms with E-state index in [-0.39, 0.29) is 18.7 Å². The van der Waals surface area contributed by atoms with Crippen molar-refractivity contribution >= 4 is 11.6 Å². The molecule has 0 bridgehead atoms. The summed E-state index contributed by atoms with van der Waals surface area (Å²) >= 11 is 0. The Bertz CT molecular complexity index is 1190. The standard InChI is InChI=1S/C26H22F4N2O2/c1-17-5-9-19(10-6-17)24-14-23(34-31-24)16-32(25(33)20-3-2-4-22(27)13-20)15-18-7-11-21(12-8-18)26(28,29)30/h2-13,23H,14-16H2,1H3. The van der Waals surface area contributed by atoms with E-state index in [1.54, 1.807) is 0 Å². The molecule has 4 rings (SSSR count). The molecule has 3 aromatic rings. The summed E-state index contributed by atoms with van der Waals surface area (Å²) in [7, 11) is 0. The molecule has 1 heterocycles. The molecule has 8 heteroatoms. The van der Waals surface area contributed by atoms with Crippen molar-refractivity contribution in [2.24, 2.45) is 5.16 Å². The second-order valence-corrected chi connectivity index (χ2v) is 8.23. The van der Waals surface area contributed by atoms with Gasteiger partial charge in [0.25, 0.3) is 5.91 Å². The van der Waals surface area contributed by atoms with Crippen LogP contribution in [0.5, 0.6) is 0 Å². The average Bonchev–Trinajstić information content (AvgIpc) is 3.27. The van der Waals surface area contributed by atoms with Crippen molar-refractivity contribution in [2.75, 3.05) is 6.54 Å². The highest BCUT2D eigenvalue weighted by molar-refractivity contribution is 6.01. The number of carbonyl (C=O) groups is 1. The van der Waals surface area contributed by atoms with Crippen LogP contribution in [-0.4, -0.2) is 29.2 Å². The Morgan fingerprint density at radius 3 is 2.41 bits per heavy atom. The van der Waals surface area contributed by atoms with Crippen molar-refractivity contribution in [1.82, 2.24) is 4.90 Å². The van der Waals surface area contributed by atoms with Crippen molar-refractivity contribution in [2.45, 2.75) is 32.2 Å². The van der Waals surface area contributed by atoms with Gasteiger partial charge < -0.3 is 9.74 Å². The molecule has 0 N–H and O–H groups in total. The molecule has 0 aliphatic carbocycles. The number of carbonyl (C=O) groups excluding carboxylic acids is 1. The lowest BCUT2D eigenvalue weighted by Crippen LogP contribution is -2.37. The van der Waals surface area contributed by atoms with Gasteiger partial charge in [-0.1, -0.05) is 53.2 Å². The first-order valence-electron chi connectivity index (χ1n) is 10.7. The zero-order valence-corrected chi connectivity index (χ0v) is 18.3. The van der Waals surface area contributed by atoms with Gasteiger partial charge in [-0.3, -0.25) is 4.79 Å². The maximum absolute atomic E-state index is 13.7. The molecule has 4 nitrogen and oxygen atoms in total. The van der Waals surface area contributed by atoms with Crippen molar-refractivity contribution in [3.05, 3.63) is 106 Å². The number of alkyl halides is 3. The van der Waals surface area contributed by atoms with Gasteiger partial charge in [-0.2, -0.15) is 13.2 Å². The number of amides is 1. The Morgan fingerprint density at radius 2 is 1.76 bits per heavy atom. The van der Waals surface area contributed by atoms with Crippen LogP contribution in [-0.2, 0) is 17.6 Å². The predicted octanol–water partition coefficient (Wildman–Crippen LogP) is 5.99. The molecule has 1 atom stereocenters. The second kappa shape index (κ2) is 9.67. The highest BCUT2D eigenvalue weighted by Gasteiger charge is 2.31. The first-order valence-corrected chi connectivity index (χ1v) is 10.7. The fourth-order valence-electron chi connectivity index (χ4n) is 3.73. The normalized spacial score (nSPS) is 15.6. The Balaban J connectivity index is 1.52. The molecular weight excluding hydrogens is 448 g/mol. The minimum Gasteiger partial charge on any atom is -0.390 e. The highest BCUT2D eigenvalue weighted by Crippen LogP contribution is 2.29. The van der Waals surface area contributed by atoms with Crippen LogP contribution < -0.4 is 0 Å². The molecule has 1 amide bonds. The van der Waals surface area contributed by atoms with E-state index in [0.29, 0.717) is 12.0 Å². The molecule has 0 saturated carbocycles. The highest BCUT2D eigenvalue weighted by atomic mass is 19.4. The summed E-state index contributed by atoms with van der Waals surface area (Å²) in [4.78, 5) is 20.2. The van der Waals surface area contributed by atoms with Crippen LogP contribution in [0.25, 0.3) is 0 Å². The summed E-state index contributed by atoms with van der Waals surface area (Å²) in [5, 5.41) is 4.16. The minimum absolute atomic E-state index is 0.0349. The summed E-state index contributed by atoms with van der Waals surface area (Å²) in [5.41, 5.74) is 2.66. The predicted molar refractivity (Wildman–Crippen MR) is 120 cm³/mol. The molecule has 176 valence electrons. The SMILES string of the molecule is Cc1ccc(C2=NOC(CN(Cc3ccc(C(F)(F)F)cc3)C(=O)c3cccc(F)c3)C2)cc1. The van der Waals surface area contributed by atoms with Crippen LogP contribution in [0.15, 0.2) is 78.0 Å². The van der Waals surface area contributed by atoms with E-state index in [2.05, 4.69) is 5.16 Å². The van der Waals surface area contributed by atoms with Crippen LogP contribution >= 0.6 is 0 Å². The van der Waals surface area contributed by atoms with Gasteiger partial charge in [-0.15, -0.1) is 0 Å². The largest absolute Gasteiger partial charge is 0.416 e. The fraction of sp³-hybridized carbons (Fsp3) is 0.231. The smallest absolute Gasteiger partial charge is 0.390 e. The van der Waals surface area contributed by atoms with Crippen molar-refractivity contribution in [1.29, 1.82) is 0 Å². The molecule has 3 aromatic carbocycles. The van der Waals surface area contributed by atoms with Crippen LogP contribution in [0, 0.1) is 12.7 Å². The molecule has 34 heavy (non-hydrogen) atoms. The number of rotatable bonds is 6. The summed E-state index contributed by atoms with van der Waals surface area (Å²) < 4.78 is 52.5. The van der Waals surface area contributed by atoms with Crippen LogP contribution in [0.3, 0.4) is 0 Å². The van der Waals surface area contributed by atoms with E-state index >= 15 is 0 Å². The van der Waals surface area contributed by atoms with E-state index in [1.165, 1.54) is 35.2 Å². The quantitative estimate of drug-likeness (QED) is 0.416. The first kappa shape index (κ1) is 23.5. The van der Waals surface area contributed by atoms with Gasteiger partial charge in [0.05, 0.1) is 17.8 Å². The molecule has 1 aliphatic rings. The number of nitrogens with zero attached hydrogens (tertiary/aromatic N) is 2. The lowest BCUT2D eigenvalue weighted by molar-refractivity contribution is -0.137. The molecule has 1 aliphatic heterocycles. The second-order valence-electron chi connectivity index (χ2n) is 8.23. The van der Waals surface area contributed by atoms with Gasteiger partial charge in [0.2, 0.25) is 0 Å². The van der Waals surface area contributed by atoms with E-state index in [4.69, 9.17) is 4.84 Å². The molecule has 0 fully saturated rings. The van der Waals surface area contributed by atoms with Crippen molar-refractivity contribution in [3.63, 3.8) is 0 Å². The molecule has 0 radical (unpaired) electrons. The molecule has 1 unspecified atom stereocenters. The van der Waals surface area contributed by atoms with E-state index < -0.39 is 29.6 Å². The maximum atomic E-state index is 13.7. The number of halogens is 4. The molecule has 0 saturated heterocycles. The molecule has 0 aromatic heterocycles. The summed E-state index contributed by atoms with van der Waals surface area (Å²) in [6.07, 6.45) is -4.43. The van der Waals surface area contributed by atoms with E-state index in [9.17, 15) is 22.4 Å². The molecular formula is C26H22F4N2O2. The Kier molecular flexibility index (Phi) is 6.68. The number of hydrogen-bond acceptors (Lipinski definition) is 3. The Labute approximate surface area is 194 Å². The van der Waals surface area contributed by atoms with Gasteiger partial charge in [-0.25, -0.2) is 4.39 Å². The number of benzene rings is 3. The van der Waals surface area contributed by atoms with Gasteiger partial charge in [0, 0.05) is 18.5 Å². The fourth-order valence-corrected chi connectivity index (χ4v) is 3.73. The van der Waals surface area contributed by atoms with Crippen molar-refractivity contribution < 1.29 is 27.2 Å². The molecule has 0 spiro atoms. The van der Waals surface area contributed by atoms with E-state index in [0.717, 1.165) is 35.0 Å². The lowest BCUT2D eigenvalue weighted by Gasteiger charge is -2.25. The Morgan fingerprint density at radius 1 is 1.06 bits per heavy atom. The Hall–Kier alpha value is -3.68. The van der Waals surface area contributed by atoms with Crippen LogP contribution in [0.1, 0.15) is 39.0 Å². The minimum atomic E-state index is -4.45. The summed E-state index contributed by atoms with van der Waals surface area (Å²) in [5.74, 6) is -1.01. The van der Waals surface area contributed by atoms with Gasteiger partial charge in [0.1, 0.15) is 5.82 Å². The van der Waals surface area contributed by atoms with Crippen molar-refractivity contribution in [3.8, 4) is 0 Å². The van der Waals surface area contributed by atoms with E-state index in [1.807, 2.05) is 31.2 Å². The van der Waals surface area contributed by atoms with Gasteiger partial charge in [0.15, 0.2) is 6.10 Å². The summed E-state index contributed by atoms with van der Waals surface area (Å²) in [6, 6.07) is 17.7. The zero-order valence-electron chi connectivity index (χ0n) is 18.3. The third-order valence-electron chi connectivity index (χ3n) is 5.56. The lowest BCUT2D eigenvalue weighted by atomic mass is 10.0. The van der Waals surface area contributed by atoms with Crippen LogP contribution in [0.4, 0.5) is 17.6 Å². The number of hydrogen-bond donors (Lipinski definition) is 0. The van der Waals surface area contributed by atoms with Crippen LogP contribution in [0.2, 0.25) is 0 Å². The topological polar surface area (TPSA) is 41.9 Å². The monoisotopic (exact) mass is 470 g/mol. The summed E-state index contributed by atoms with van der Waals surface area (Å²) in [6.45, 7) is 2.15. The number of aryl methyl sites for hydroxylation is 1. The first-order chi connectivity index (χ1) is 16.2. The number of oxime groups is 1. The third-order valence-corrected chi connectivity index (χ3v) is 5.56. The maximum Gasteiger partial charge on any atom is 0.416 e. The average molecular weight is 470 g/mol. The van der Waals surface area contributed by atoms with Gasteiger partial charge in [-0.05, 0) is 48.4 Å². The van der Waals surface area contributed by atoms with Gasteiger partial charge >= 0.3 is 6.18 Å². The zero-order chi connectivity index (χ0) is 24.3. The third kappa shape index (κ3) is 5.62.